The van der Waals surface area contributed by atoms with Crippen LogP contribution in [0, 0.1) is 0 Å². The number of rotatable bonds is 5. The Bertz CT molecular complexity index is 68.5. The Kier molecular flexibility index (Phi) is 31.7. The zero-order valence-corrected chi connectivity index (χ0v) is 10.3. The Hall–Kier alpha value is -0.530. The molecule has 0 aliphatic heterocycles. The van der Waals surface area contributed by atoms with Gasteiger partial charge >= 0.3 is 0 Å². The Morgan fingerprint density at radius 1 is 0.923 bits per heavy atom. The number of carbonyl (C=O) groups excluding carboxylic acids is 1. The van der Waals surface area contributed by atoms with E-state index in [0.717, 1.165) is 32.3 Å². The second-order valence-electron chi connectivity index (χ2n) is 2.14. The van der Waals surface area contributed by atoms with Crippen molar-refractivity contribution in [3.05, 3.63) is 0 Å². The summed E-state index contributed by atoms with van der Waals surface area (Å²) in [5, 5.41) is 0. The van der Waals surface area contributed by atoms with Gasteiger partial charge in [-0.05, 0) is 12.8 Å². The SMILES string of the molecule is CC.CC.CCCN(C=O)CCC. The Balaban J connectivity index is -0.000000218. The van der Waals surface area contributed by atoms with Crippen LogP contribution in [0.1, 0.15) is 54.4 Å². The highest BCUT2D eigenvalue weighted by atomic mass is 16.1. The highest BCUT2D eigenvalue weighted by Gasteiger charge is 1.94. The van der Waals surface area contributed by atoms with Crippen LogP contribution >= 0.6 is 0 Å². The van der Waals surface area contributed by atoms with Crippen molar-refractivity contribution in [2.75, 3.05) is 13.1 Å². The lowest BCUT2D eigenvalue weighted by Gasteiger charge is -2.13. The highest BCUT2D eigenvalue weighted by molar-refractivity contribution is 5.46. The summed E-state index contributed by atoms with van der Waals surface area (Å²) in [5.41, 5.74) is 0. The van der Waals surface area contributed by atoms with E-state index in [1.165, 1.54) is 0 Å². The number of amides is 1. The topological polar surface area (TPSA) is 20.3 Å². The average molecular weight is 189 g/mol. The fourth-order valence-electron chi connectivity index (χ4n) is 0.792. The van der Waals surface area contributed by atoms with Crippen LogP contribution in [0.5, 0.6) is 0 Å². The zero-order valence-electron chi connectivity index (χ0n) is 10.3. The van der Waals surface area contributed by atoms with E-state index in [2.05, 4.69) is 13.8 Å². The molecule has 0 saturated carbocycles. The van der Waals surface area contributed by atoms with Crippen LogP contribution in [0.25, 0.3) is 0 Å². The van der Waals surface area contributed by atoms with E-state index in [-0.39, 0.29) is 0 Å². The van der Waals surface area contributed by atoms with Crippen molar-refractivity contribution in [1.29, 1.82) is 0 Å². The summed E-state index contributed by atoms with van der Waals surface area (Å²) in [6.45, 7) is 14.0. The fraction of sp³-hybridized carbons (Fsp3) is 0.909. The molecular formula is C11H27NO. The molecule has 0 fully saturated rings. The smallest absolute Gasteiger partial charge is 0.209 e. The van der Waals surface area contributed by atoms with Gasteiger partial charge < -0.3 is 4.90 Å². The minimum atomic E-state index is 0.900. The van der Waals surface area contributed by atoms with Crippen LogP contribution in [0.15, 0.2) is 0 Å². The Labute approximate surface area is 84.3 Å². The van der Waals surface area contributed by atoms with Crippen molar-refractivity contribution in [2.24, 2.45) is 0 Å². The molecule has 2 nitrogen and oxygen atoms in total. The summed E-state index contributed by atoms with van der Waals surface area (Å²) >= 11 is 0. The molecule has 0 spiro atoms. The molecular weight excluding hydrogens is 162 g/mol. The van der Waals surface area contributed by atoms with Gasteiger partial charge in [-0.3, -0.25) is 4.79 Å². The molecule has 0 aliphatic rings. The van der Waals surface area contributed by atoms with Crippen LogP contribution in [-0.2, 0) is 4.79 Å². The average Bonchev–Trinajstić information content (AvgIpc) is 2.23. The van der Waals surface area contributed by atoms with Crippen LogP contribution < -0.4 is 0 Å². The van der Waals surface area contributed by atoms with E-state index < -0.39 is 0 Å². The second-order valence-corrected chi connectivity index (χ2v) is 2.14. The van der Waals surface area contributed by atoms with Crippen molar-refractivity contribution < 1.29 is 4.79 Å². The summed E-state index contributed by atoms with van der Waals surface area (Å²) < 4.78 is 0. The number of nitrogens with zero attached hydrogens (tertiary/aromatic N) is 1. The van der Waals surface area contributed by atoms with E-state index in [9.17, 15) is 4.79 Å². The van der Waals surface area contributed by atoms with Gasteiger partial charge in [-0.25, -0.2) is 0 Å². The molecule has 0 aromatic heterocycles. The highest BCUT2D eigenvalue weighted by Crippen LogP contribution is 1.88. The van der Waals surface area contributed by atoms with Gasteiger partial charge in [0.2, 0.25) is 6.41 Å². The third kappa shape index (κ3) is 18.4. The summed E-state index contributed by atoms with van der Waals surface area (Å²) in [4.78, 5) is 12.0. The van der Waals surface area contributed by atoms with Gasteiger partial charge in [-0.15, -0.1) is 0 Å². The van der Waals surface area contributed by atoms with E-state index in [0.29, 0.717) is 0 Å². The molecule has 13 heavy (non-hydrogen) atoms. The third-order valence-electron chi connectivity index (χ3n) is 1.17. The monoisotopic (exact) mass is 189 g/mol. The van der Waals surface area contributed by atoms with E-state index in [1.807, 2.05) is 27.7 Å². The lowest BCUT2D eigenvalue weighted by atomic mass is 10.4. The standard InChI is InChI=1S/C7H15NO.2C2H6/c1-3-5-8(7-9)6-4-2;2*1-2/h7H,3-6H2,1-2H3;2*1-2H3. The van der Waals surface area contributed by atoms with Crippen LogP contribution in [-0.4, -0.2) is 24.4 Å². The van der Waals surface area contributed by atoms with Crippen LogP contribution in [0.4, 0.5) is 0 Å². The largest absolute Gasteiger partial charge is 0.345 e. The third-order valence-corrected chi connectivity index (χ3v) is 1.17. The Morgan fingerprint density at radius 2 is 1.23 bits per heavy atom. The van der Waals surface area contributed by atoms with Gasteiger partial charge in [0, 0.05) is 13.1 Å². The first kappa shape index (κ1) is 18.3. The molecule has 0 unspecified atom stereocenters. The van der Waals surface area contributed by atoms with Gasteiger partial charge in [0.05, 0.1) is 0 Å². The van der Waals surface area contributed by atoms with Crippen molar-refractivity contribution in [3.63, 3.8) is 0 Å². The molecule has 0 aromatic rings. The predicted octanol–water partition coefficient (Wildman–Crippen LogP) is 3.32. The summed E-state index contributed by atoms with van der Waals surface area (Å²) in [6, 6.07) is 0. The fourth-order valence-corrected chi connectivity index (χ4v) is 0.792. The molecule has 82 valence electrons. The van der Waals surface area contributed by atoms with Crippen LogP contribution in [0.3, 0.4) is 0 Å². The lowest BCUT2D eigenvalue weighted by molar-refractivity contribution is -0.118. The van der Waals surface area contributed by atoms with Crippen molar-refractivity contribution >= 4 is 6.41 Å². The number of hydrogen-bond acceptors (Lipinski definition) is 1. The van der Waals surface area contributed by atoms with Gasteiger partial charge in [-0.2, -0.15) is 0 Å². The van der Waals surface area contributed by atoms with E-state index in [4.69, 9.17) is 0 Å². The maximum Gasteiger partial charge on any atom is 0.209 e. The molecule has 0 heterocycles. The van der Waals surface area contributed by atoms with Crippen molar-refractivity contribution in [1.82, 2.24) is 4.90 Å². The molecule has 1 amide bonds. The van der Waals surface area contributed by atoms with Crippen molar-refractivity contribution in [2.45, 2.75) is 54.4 Å². The van der Waals surface area contributed by atoms with Gasteiger partial charge in [-0.1, -0.05) is 41.5 Å². The van der Waals surface area contributed by atoms with E-state index >= 15 is 0 Å². The quantitative estimate of drug-likeness (QED) is 0.608. The van der Waals surface area contributed by atoms with Crippen molar-refractivity contribution in [3.8, 4) is 0 Å². The first-order chi connectivity index (χ1) is 6.35. The number of carbonyl (C=O) groups is 1. The summed E-state index contributed by atoms with van der Waals surface area (Å²) in [7, 11) is 0. The first-order valence-electron chi connectivity index (χ1n) is 5.54. The molecule has 0 aromatic carbocycles. The normalized spacial score (nSPS) is 7.23. The van der Waals surface area contributed by atoms with Gasteiger partial charge in [0.1, 0.15) is 0 Å². The summed E-state index contributed by atoms with van der Waals surface area (Å²) in [6.07, 6.45) is 3.03. The van der Waals surface area contributed by atoms with Crippen LogP contribution in [0.2, 0.25) is 0 Å². The number of hydrogen-bond donors (Lipinski definition) is 0. The maximum absolute atomic E-state index is 10.2. The molecule has 0 rings (SSSR count). The minimum Gasteiger partial charge on any atom is -0.345 e. The zero-order chi connectivity index (χ0) is 11.1. The van der Waals surface area contributed by atoms with E-state index in [1.54, 1.807) is 4.90 Å². The molecule has 0 atom stereocenters. The molecule has 0 bridgehead atoms. The minimum absolute atomic E-state index is 0.900. The maximum atomic E-state index is 10.2. The molecule has 2 heteroatoms. The molecule has 0 saturated heterocycles. The molecule has 0 radical (unpaired) electrons. The summed E-state index contributed by atoms with van der Waals surface area (Å²) in [5.74, 6) is 0. The van der Waals surface area contributed by atoms with Gasteiger partial charge in [0.25, 0.3) is 0 Å². The Morgan fingerprint density at radius 3 is 1.38 bits per heavy atom. The lowest BCUT2D eigenvalue weighted by Crippen LogP contribution is -2.23. The molecule has 0 aliphatic carbocycles. The second kappa shape index (κ2) is 22.5. The predicted molar refractivity (Wildman–Crippen MR) is 60.9 cm³/mol. The van der Waals surface area contributed by atoms with Gasteiger partial charge in [0.15, 0.2) is 0 Å². The molecule has 0 N–H and O–H groups in total. The first-order valence-corrected chi connectivity index (χ1v) is 5.54.